The summed E-state index contributed by atoms with van der Waals surface area (Å²) in [5.74, 6) is 1.50. The molecule has 1 saturated heterocycles. The van der Waals surface area contributed by atoms with Crippen molar-refractivity contribution in [3.8, 4) is 5.75 Å². The van der Waals surface area contributed by atoms with Crippen LogP contribution in [0.2, 0.25) is 10.0 Å². The quantitative estimate of drug-likeness (QED) is 0.794. The van der Waals surface area contributed by atoms with Crippen LogP contribution in [0.25, 0.3) is 0 Å². The summed E-state index contributed by atoms with van der Waals surface area (Å²) in [5, 5.41) is 1.45. The predicted octanol–water partition coefficient (Wildman–Crippen LogP) is 4.77. The van der Waals surface area contributed by atoms with E-state index in [2.05, 4.69) is 11.8 Å². The minimum atomic E-state index is 0.308. The Morgan fingerprint density at radius 2 is 1.85 bits per heavy atom. The number of likely N-dealkylation sites (tertiary alicyclic amines) is 1. The number of ether oxygens (including phenoxy) is 1. The second-order valence-electron chi connectivity index (χ2n) is 6.17. The van der Waals surface area contributed by atoms with Gasteiger partial charge in [-0.2, -0.15) is 0 Å². The molecule has 2 fully saturated rings. The summed E-state index contributed by atoms with van der Waals surface area (Å²) in [6.45, 7) is 5.45. The maximum Gasteiger partial charge on any atom is 0.139 e. The van der Waals surface area contributed by atoms with Crippen LogP contribution in [-0.4, -0.2) is 24.1 Å². The number of hydrogen-bond donors (Lipinski definition) is 0. The van der Waals surface area contributed by atoms with Gasteiger partial charge in [0.2, 0.25) is 0 Å². The Hall–Kier alpha value is -0.440. The molecule has 0 N–H and O–H groups in total. The molecule has 0 spiro atoms. The monoisotopic (exact) mass is 313 g/mol. The first kappa shape index (κ1) is 14.5. The van der Waals surface area contributed by atoms with E-state index in [1.54, 1.807) is 0 Å². The Morgan fingerprint density at radius 1 is 1.15 bits per heavy atom. The van der Waals surface area contributed by atoms with Gasteiger partial charge in [0, 0.05) is 17.6 Å². The first-order valence-corrected chi connectivity index (χ1v) is 8.24. The van der Waals surface area contributed by atoms with Crippen molar-refractivity contribution in [3.63, 3.8) is 0 Å². The highest BCUT2D eigenvalue weighted by molar-refractivity contribution is 6.34. The normalized spacial score (nSPS) is 26.6. The summed E-state index contributed by atoms with van der Waals surface area (Å²) in [6, 6.07) is 3.86. The molecule has 3 rings (SSSR count). The fraction of sp³-hybridized carbons (Fsp3) is 0.625. The smallest absolute Gasteiger partial charge is 0.139 e. The lowest BCUT2D eigenvalue weighted by Gasteiger charge is -2.33. The largest absolute Gasteiger partial charge is 0.489 e. The Bertz CT molecular complexity index is 480. The zero-order chi connectivity index (χ0) is 14.1. The summed E-state index contributed by atoms with van der Waals surface area (Å²) in [6.07, 6.45) is 5.11. The Labute approximate surface area is 131 Å². The minimum Gasteiger partial charge on any atom is -0.489 e. The minimum absolute atomic E-state index is 0.308. The highest BCUT2D eigenvalue weighted by Crippen LogP contribution is 2.37. The van der Waals surface area contributed by atoms with Crippen LogP contribution in [0.3, 0.4) is 0 Å². The molecule has 0 radical (unpaired) electrons. The number of hydrogen-bond acceptors (Lipinski definition) is 2. The van der Waals surface area contributed by atoms with Gasteiger partial charge >= 0.3 is 0 Å². The molecule has 1 aromatic carbocycles. The van der Waals surface area contributed by atoms with E-state index < -0.39 is 0 Å². The maximum absolute atomic E-state index is 6.39. The van der Waals surface area contributed by atoms with Crippen molar-refractivity contribution in [3.05, 3.63) is 27.7 Å². The lowest BCUT2D eigenvalue weighted by molar-refractivity contribution is 0.0739. The third-order valence-electron chi connectivity index (χ3n) is 4.32. The third-order valence-corrected chi connectivity index (χ3v) is 4.96. The fourth-order valence-electron chi connectivity index (χ4n) is 3.07. The van der Waals surface area contributed by atoms with Gasteiger partial charge in [-0.1, -0.05) is 30.1 Å². The molecule has 0 unspecified atom stereocenters. The molecule has 0 aromatic heterocycles. The van der Waals surface area contributed by atoms with Gasteiger partial charge in [-0.05, 0) is 56.3 Å². The molecule has 1 aliphatic heterocycles. The zero-order valence-corrected chi connectivity index (χ0v) is 13.4. The van der Waals surface area contributed by atoms with Crippen molar-refractivity contribution < 1.29 is 4.74 Å². The summed E-state index contributed by atoms with van der Waals surface area (Å²) >= 11 is 12.7. The number of halogens is 2. The average Bonchev–Trinajstić information content (AvgIpc) is 2.86. The molecule has 110 valence electrons. The third kappa shape index (κ3) is 3.24. The molecule has 20 heavy (non-hydrogen) atoms. The molecular weight excluding hydrogens is 293 g/mol. The summed E-state index contributed by atoms with van der Waals surface area (Å²) in [5.41, 5.74) is 1.10. The zero-order valence-electron chi connectivity index (χ0n) is 11.9. The van der Waals surface area contributed by atoms with Crippen LogP contribution in [-0.2, 0) is 6.54 Å². The molecule has 1 heterocycles. The van der Waals surface area contributed by atoms with Gasteiger partial charge in [0.05, 0.1) is 11.1 Å². The van der Waals surface area contributed by atoms with Gasteiger partial charge in [0.15, 0.2) is 0 Å². The molecule has 0 amide bonds. The van der Waals surface area contributed by atoms with Crippen molar-refractivity contribution in [2.75, 3.05) is 13.1 Å². The highest BCUT2D eigenvalue weighted by Gasteiger charge is 2.28. The van der Waals surface area contributed by atoms with Crippen LogP contribution in [0, 0.1) is 5.92 Å². The van der Waals surface area contributed by atoms with Crippen LogP contribution in [0.4, 0.5) is 0 Å². The van der Waals surface area contributed by atoms with Crippen LogP contribution < -0.4 is 4.74 Å². The van der Waals surface area contributed by atoms with Crippen LogP contribution >= 0.6 is 23.2 Å². The SMILES string of the molecule is CC1CC(Oc2cc(Cl)c(CN3CCCC3)cc2Cl)C1. The molecular formula is C16H21Cl2NO. The molecule has 1 aliphatic carbocycles. The maximum atomic E-state index is 6.39. The first-order valence-electron chi connectivity index (χ1n) is 7.49. The van der Waals surface area contributed by atoms with Gasteiger partial charge < -0.3 is 4.74 Å². The van der Waals surface area contributed by atoms with Crippen molar-refractivity contribution in [2.24, 2.45) is 5.92 Å². The lowest BCUT2D eigenvalue weighted by atomic mass is 9.84. The fourth-order valence-corrected chi connectivity index (χ4v) is 3.51. The van der Waals surface area contributed by atoms with Gasteiger partial charge in [-0.3, -0.25) is 4.90 Å². The highest BCUT2D eigenvalue weighted by atomic mass is 35.5. The van der Waals surface area contributed by atoms with E-state index in [0.29, 0.717) is 11.1 Å². The van der Waals surface area contributed by atoms with Crippen LogP contribution in [0.15, 0.2) is 12.1 Å². The standard InChI is InChI=1S/C16H21Cl2NO/c1-11-6-13(7-11)20-16-9-14(17)12(8-15(16)18)10-19-4-2-3-5-19/h8-9,11,13H,2-7,10H2,1H3. The van der Waals surface area contributed by atoms with E-state index in [1.165, 1.54) is 12.8 Å². The summed E-state index contributed by atoms with van der Waals surface area (Å²) in [7, 11) is 0. The van der Waals surface area contributed by atoms with Gasteiger partial charge in [-0.25, -0.2) is 0 Å². The summed E-state index contributed by atoms with van der Waals surface area (Å²) in [4.78, 5) is 2.42. The van der Waals surface area contributed by atoms with Crippen molar-refractivity contribution in [1.29, 1.82) is 0 Å². The molecule has 2 aliphatic rings. The van der Waals surface area contributed by atoms with Gasteiger partial charge in [-0.15, -0.1) is 0 Å². The Morgan fingerprint density at radius 3 is 2.50 bits per heavy atom. The topological polar surface area (TPSA) is 12.5 Å². The van der Waals surface area contributed by atoms with Crippen molar-refractivity contribution in [1.82, 2.24) is 4.90 Å². The second kappa shape index (κ2) is 6.13. The predicted molar refractivity (Wildman–Crippen MR) is 83.8 cm³/mol. The van der Waals surface area contributed by atoms with Crippen molar-refractivity contribution in [2.45, 2.75) is 45.3 Å². The number of benzene rings is 1. The van der Waals surface area contributed by atoms with E-state index in [0.717, 1.165) is 54.7 Å². The average molecular weight is 314 g/mol. The van der Waals surface area contributed by atoms with Gasteiger partial charge in [0.1, 0.15) is 5.75 Å². The van der Waals surface area contributed by atoms with E-state index in [1.807, 2.05) is 12.1 Å². The van der Waals surface area contributed by atoms with E-state index >= 15 is 0 Å². The van der Waals surface area contributed by atoms with E-state index in [-0.39, 0.29) is 0 Å². The second-order valence-corrected chi connectivity index (χ2v) is 6.99. The molecule has 2 nitrogen and oxygen atoms in total. The molecule has 0 bridgehead atoms. The molecule has 0 atom stereocenters. The van der Waals surface area contributed by atoms with Crippen molar-refractivity contribution >= 4 is 23.2 Å². The Balaban J connectivity index is 1.68. The first-order chi connectivity index (χ1) is 9.61. The Kier molecular flexibility index (Phi) is 4.44. The molecule has 1 saturated carbocycles. The van der Waals surface area contributed by atoms with E-state index in [4.69, 9.17) is 27.9 Å². The number of nitrogens with zero attached hydrogens (tertiary/aromatic N) is 1. The van der Waals surface area contributed by atoms with Crippen LogP contribution in [0.1, 0.15) is 38.2 Å². The lowest BCUT2D eigenvalue weighted by Crippen LogP contribution is -2.32. The summed E-state index contributed by atoms with van der Waals surface area (Å²) < 4.78 is 5.93. The van der Waals surface area contributed by atoms with Crippen LogP contribution in [0.5, 0.6) is 5.75 Å². The molecule has 4 heteroatoms. The number of rotatable bonds is 4. The van der Waals surface area contributed by atoms with Gasteiger partial charge in [0.25, 0.3) is 0 Å². The van der Waals surface area contributed by atoms with E-state index in [9.17, 15) is 0 Å². The molecule has 1 aromatic rings.